The fourth-order valence-corrected chi connectivity index (χ4v) is 1.92. The van der Waals surface area contributed by atoms with Crippen molar-refractivity contribution >= 4 is 17.1 Å². The first-order chi connectivity index (χ1) is 8.50. The molecule has 5 nitrogen and oxygen atoms in total. The van der Waals surface area contributed by atoms with Crippen LogP contribution in [0.4, 0.5) is 4.79 Å². The molecule has 1 atom stereocenters. The molecule has 1 heterocycles. The summed E-state index contributed by atoms with van der Waals surface area (Å²) in [5.74, 6) is 0. The smallest absolute Gasteiger partial charge is 0.414 e. The van der Waals surface area contributed by atoms with E-state index in [1.54, 1.807) is 11.1 Å². The third kappa shape index (κ3) is 4.86. The Labute approximate surface area is 118 Å². The molecule has 110 valence electrons. The molecular formula is C13H24N2O3S. The van der Waals surface area contributed by atoms with Crippen LogP contribution in [0.1, 0.15) is 48.0 Å². The first kappa shape index (κ1) is 16.0. The van der Waals surface area contributed by atoms with Gasteiger partial charge in [0.05, 0.1) is 4.75 Å². The number of amides is 1. The van der Waals surface area contributed by atoms with Crippen molar-refractivity contribution in [3.05, 3.63) is 11.9 Å². The van der Waals surface area contributed by atoms with Crippen LogP contribution in [0.2, 0.25) is 0 Å². The monoisotopic (exact) mass is 288 g/mol. The van der Waals surface area contributed by atoms with Crippen LogP contribution in [0.25, 0.3) is 0 Å². The topological polar surface area (TPSA) is 58.6 Å². The van der Waals surface area contributed by atoms with Gasteiger partial charge in [0.15, 0.2) is 0 Å². The Kier molecular flexibility index (Phi) is 4.66. The van der Waals surface area contributed by atoms with E-state index in [2.05, 4.69) is 4.72 Å². The molecule has 0 bridgehead atoms. The van der Waals surface area contributed by atoms with E-state index in [4.69, 9.17) is 4.74 Å². The van der Waals surface area contributed by atoms with E-state index in [9.17, 15) is 9.00 Å². The summed E-state index contributed by atoms with van der Waals surface area (Å²) >= 11 is 0. The Morgan fingerprint density at radius 3 is 2.26 bits per heavy atom. The Morgan fingerprint density at radius 2 is 1.89 bits per heavy atom. The van der Waals surface area contributed by atoms with E-state index >= 15 is 0 Å². The van der Waals surface area contributed by atoms with Crippen LogP contribution in [0.5, 0.6) is 0 Å². The van der Waals surface area contributed by atoms with Gasteiger partial charge in [-0.3, -0.25) is 4.90 Å². The van der Waals surface area contributed by atoms with Crippen molar-refractivity contribution in [2.24, 2.45) is 0 Å². The average Bonchev–Trinajstić information content (AvgIpc) is 2.10. The number of ether oxygens (including phenoxy) is 1. The zero-order chi connectivity index (χ0) is 14.8. The van der Waals surface area contributed by atoms with Gasteiger partial charge in [-0.2, -0.15) is 0 Å². The normalized spacial score (nSPS) is 19.9. The van der Waals surface area contributed by atoms with E-state index in [0.29, 0.717) is 6.54 Å². The van der Waals surface area contributed by atoms with Gasteiger partial charge in [-0.15, -0.1) is 0 Å². The lowest BCUT2D eigenvalue weighted by Gasteiger charge is -2.35. The van der Waals surface area contributed by atoms with Crippen LogP contribution in [0.3, 0.4) is 0 Å². The molecule has 0 saturated carbocycles. The standard InChI is InChI=1S/C13H24N2O3S/c1-12(2,3)18-11(16)15-8-7-10(15)9-14-19(17)13(4,5)6/h9,14H,7-8H2,1-6H3. The second kappa shape index (κ2) is 5.53. The molecule has 1 unspecified atom stereocenters. The zero-order valence-corrected chi connectivity index (χ0v) is 13.4. The minimum absolute atomic E-state index is 0.336. The molecule has 19 heavy (non-hydrogen) atoms. The Morgan fingerprint density at radius 1 is 1.32 bits per heavy atom. The third-order valence-corrected chi connectivity index (χ3v) is 3.89. The Bertz CT molecular complexity index is 405. The van der Waals surface area contributed by atoms with Crippen molar-refractivity contribution in [2.75, 3.05) is 6.54 Å². The van der Waals surface area contributed by atoms with Gasteiger partial charge in [0.1, 0.15) is 16.6 Å². The van der Waals surface area contributed by atoms with Gasteiger partial charge in [-0.1, -0.05) is 0 Å². The van der Waals surface area contributed by atoms with Crippen LogP contribution in [-0.2, 0) is 15.7 Å². The van der Waals surface area contributed by atoms with Crippen LogP contribution >= 0.6 is 0 Å². The molecule has 0 radical (unpaired) electrons. The summed E-state index contributed by atoms with van der Waals surface area (Å²) < 4.78 is 19.6. The average molecular weight is 288 g/mol. The zero-order valence-electron chi connectivity index (χ0n) is 12.6. The Balaban J connectivity index is 2.57. The van der Waals surface area contributed by atoms with E-state index in [0.717, 1.165) is 12.1 Å². The van der Waals surface area contributed by atoms with E-state index in [-0.39, 0.29) is 10.8 Å². The molecule has 1 saturated heterocycles. The molecule has 1 fully saturated rings. The summed E-state index contributed by atoms with van der Waals surface area (Å²) in [7, 11) is -1.18. The number of likely N-dealkylation sites (tertiary alicyclic amines) is 1. The molecule has 1 amide bonds. The molecule has 0 spiro atoms. The number of rotatable bonds is 2. The van der Waals surface area contributed by atoms with Crippen LogP contribution in [0, 0.1) is 0 Å². The first-order valence-electron chi connectivity index (χ1n) is 6.38. The minimum atomic E-state index is -1.18. The second-order valence-corrected chi connectivity index (χ2v) is 8.51. The summed E-state index contributed by atoms with van der Waals surface area (Å²) in [6, 6.07) is 0. The molecule has 0 aromatic heterocycles. The van der Waals surface area contributed by atoms with E-state index in [1.165, 1.54) is 0 Å². The summed E-state index contributed by atoms with van der Waals surface area (Å²) in [6.45, 7) is 11.8. The first-order valence-corrected chi connectivity index (χ1v) is 7.53. The molecule has 1 rings (SSSR count). The van der Waals surface area contributed by atoms with Gasteiger partial charge in [0, 0.05) is 24.9 Å². The number of carbonyl (C=O) groups excluding carboxylic acids is 1. The third-order valence-electron chi connectivity index (χ3n) is 2.44. The van der Waals surface area contributed by atoms with Crippen molar-refractivity contribution in [3.63, 3.8) is 0 Å². The number of nitrogens with zero attached hydrogens (tertiary/aromatic N) is 1. The number of hydrogen-bond donors (Lipinski definition) is 1. The maximum Gasteiger partial charge on any atom is 0.414 e. The highest BCUT2D eigenvalue weighted by Gasteiger charge is 2.31. The summed E-state index contributed by atoms with van der Waals surface area (Å²) in [4.78, 5) is 13.4. The van der Waals surface area contributed by atoms with Gasteiger partial charge < -0.3 is 9.46 Å². The minimum Gasteiger partial charge on any atom is -0.443 e. The quantitative estimate of drug-likeness (QED) is 0.849. The highest BCUT2D eigenvalue weighted by atomic mass is 32.2. The molecule has 1 aliphatic heterocycles. The van der Waals surface area contributed by atoms with Crippen molar-refractivity contribution in [1.82, 2.24) is 9.62 Å². The SMILES string of the molecule is CC(C)(C)OC(=O)N1CCC1=CNS(=O)C(C)(C)C. The fraction of sp³-hybridized carbons (Fsp3) is 0.769. The molecule has 1 aliphatic rings. The highest BCUT2D eigenvalue weighted by molar-refractivity contribution is 7.84. The molecule has 0 aliphatic carbocycles. The van der Waals surface area contributed by atoms with Crippen molar-refractivity contribution in [3.8, 4) is 0 Å². The summed E-state index contributed by atoms with van der Waals surface area (Å²) in [5, 5.41) is 0. The van der Waals surface area contributed by atoms with Crippen molar-refractivity contribution in [2.45, 2.75) is 58.3 Å². The van der Waals surface area contributed by atoms with Crippen LogP contribution < -0.4 is 4.72 Å². The predicted octanol–water partition coefficient (Wildman–Crippen LogP) is 2.52. The number of hydrogen-bond acceptors (Lipinski definition) is 3. The van der Waals surface area contributed by atoms with Crippen molar-refractivity contribution < 1.29 is 13.7 Å². The maximum atomic E-state index is 11.9. The maximum absolute atomic E-state index is 11.9. The number of nitrogens with one attached hydrogen (secondary N) is 1. The van der Waals surface area contributed by atoms with Gasteiger partial charge in [-0.05, 0) is 41.5 Å². The van der Waals surface area contributed by atoms with Gasteiger partial charge >= 0.3 is 6.09 Å². The second-order valence-electron chi connectivity index (χ2n) is 6.52. The summed E-state index contributed by atoms with van der Waals surface area (Å²) in [6.07, 6.45) is 2.08. The fourth-order valence-electron chi connectivity index (χ4n) is 1.33. The highest BCUT2D eigenvalue weighted by Crippen LogP contribution is 2.24. The summed E-state index contributed by atoms with van der Waals surface area (Å²) in [5.41, 5.74) is 0.311. The van der Waals surface area contributed by atoms with Crippen LogP contribution in [0.15, 0.2) is 11.9 Å². The molecule has 1 N–H and O–H groups in total. The molecular weight excluding hydrogens is 264 g/mol. The van der Waals surface area contributed by atoms with E-state index in [1.807, 2.05) is 41.5 Å². The van der Waals surface area contributed by atoms with Crippen molar-refractivity contribution in [1.29, 1.82) is 0 Å². The largest absolute Gasteiger partial charge is 0.443 e. The lowest BCUT2D eigenvalue weighted by molar-refractivity contribution is 0.0234. The van der Waals surface area contributed by atoms with Gasteiger partial charge in [-0.25, -0.2) is 9.00 Å². The molecule has 6 heteroatoms. The molecule has 0 aromatic rings. The van der Waals surface area contributed by atoms with Gasteiger partial charge in [0.25, 0.3) is 0 Å². The predicted molar refractivity (Wildman–Crippen MR) is 76.7 cm³/mol. The van der Waals surface area contributed by atoms with Gasteiger partial charge in [0.2, 0.25) is 0 Å². The Hall–Kier alpha value is -1.04. The molecule has 0 aromatic carbocycles. The number of carbonyl (C=O) groups is 1. The lowest BCUT2D eigenvalue weighted by atomic mass is 10.1. The lowest BCUT2D eigenvalue weighted by Crippen LogP contribution is -2.44. The van der Waals surface area contributed by atoms with E-state index < -0.39 is 16.6 Å². The van der Waals surface area contributed by atoms with Crippen LogP contribution in [-0.4, -0.2) is 32.1 Å².